The number of aromatic nitrogens is 1. The van der Waals surface area contributed by atoms with E-state index in [-0.39, 0.29) is 17.9 Å². The number of hydrogen-bond donors (Lipinski definition) is 1. The van der Waals surface area contributed by atoms with Gasteiger partial charge in [0.25, 0.3) is 11.7 Å². The molecule has 8 nitrogen and oxygen atoms in total. The van der Waals surface area contributed by atoms with Crippen LogP contribution in [-0.4, -0.2) is 47.0 Å². The number of unbranched alkanes of at least 4 members (excludes halogenated alkanes) is 1. The molecule has 8 heteroatoms. The van der Waals surface area contributed by atoms with Gasteiger partial charge < -0.3 is 24.2 Å². The molecule has 1 fully saturated rings. The van der Waals surface area contributed by atoms with Gasteiger partial charge in [-0.05, 0) is 60.9 Å². The zero-order valence-corrected chi connectivity index (χ0v) is 21.8. The van der Waals surface area contributed by atoms with Gasteiger partial charge in [0, 0.05) is 24.5 Å². The maximum Gasteiger partial charge on any atom is 0.295 e. The molecule has 1 unspecified atom stereocenters. The molecule has 2 heterocycles. The number of Topliss-reactive ketones (excluding diaryl/α,β-unsaturated/α-hetero) is 1. The highest BCUT2D eigenvalue weighted by atomic mass is 16.5. The smallest absolute Gasteiger partial charge is 0.295 e. The lowest BCUT2D eigenvalue weighted by molar-refractivity contribution is -0.140. The van der Waals surface area contributed by atoms with Crippen LogP contribution < -0.4 is 14.2 Å². The number of aliphatic hydroxyl groups is 1. The fraction of sp³-hybridized carbons (Fsp3) is 0.300. The van der Waals surface area contributed by atoms with Crippen LogP contribution in [0.5, 0.6) is 17.2 Å². The van der Waals surface area contributed by atoms with Gasteiger partial charge in [0.2, 0.25) is 0 Å². The molecule has 1 amide bonds. The van der Waals surface area contributed by atoms with Crippen molar-refractivity contribution in [2.75, 3.05) is 20.3 Å². The molecule has 1 aromatic heterocycles. The average Bonchev–Trinajstić information content (AvgIpc) is 3.19. The standard InChI is InChI=1S/C30H32N2O6/c1-4-6-16-38-23-9-7-8-22(17-23)28(33)26-27(21-10-11-24(37-5-2)25(18-21)36-3)32(30(35)29(26)34)19-20-12-14-31-15-13-20/h7-15,17-18,27,33H,4-6,16,19H2,1-3H3. The topological polar surface area (TPSA) is 98.2 Å². The SMILES string of the molecule is CCCCOc1cccc(C(O)=C2C(=O)C(=O)N(Cc3ccncc3)C2c2ccc(OCC)c(OC)c2)c1. The second-order valence-electron chi connectivity index (χ2n) is 8.86. The van der Waals surface area contributed by atoms with Crippen LogP contribution in [-0.2, 0) is 16.1 Å². The molecule has 1 atom stereocenters. The number of rotatable bonds is 11. The van der Waals surface area contributed by atoms with Crippen molar-refractivity contribution in [3.8, 4) is 17.2 Å². The number of ether oxygens (including phenoxy) is 3. The first-order chi connectivity index (χ1) is 18.5. The molecule has 1 aliphatic heterocycles. The highest BCUT2D eigenvalue weighted by Crippen LogP contribution is 2.43. The van der Waals surface area contributed by atoms with Crippen LogP contribution in [0.3, 0.4) is 0 Å². The molecule has 198 valence electrons. The van der Waals surface area contributed by atoms with Crippen LogP contribution in [0, 0.1) is 0 Å². The number of carbonyl (C=O) groups is 2. The van der Waals surface area contributed by atoms with Crippen molar-refractivity contribution in [1.82, 2.24) is 9.88 Å². The van der Waals surface area contributed by atoms with Crippen molar-refractivity contribution >= 4 is 17.4 Å². The summed E-state index contributed by atoms with van der Waals surface area (Å²) >= 11 is 0. The maximum atomic E-state index is 13.4. The van der Waals surface area contributed by atoms with Crippen molar-refractivity contribution in [3.63, 3.8) is 0 Å². The van der Waals surface area contributed by atoms with Crippen molar-refractivity contribution in [2.45, 2.75) is 39.3 Å². The number of amides is 1. The Hall–Kier alpha value is -4.33. The van der Waals surface area contributed by atoms with Crippen molar-refractivity contribution in [3.05, 3.63) is 89.3 Å². The Morgan fingerprint density at radius 1 is 1.00 bits per heavy atom. The Morgan fingerprint density at radius 3 is 2.50 bits per heavy atom. The largest absolute Gasteiger partial charge is 0.507 e. The number of pyridine rings is 1. The summed E-state index contributed by atoms with van der Waals surface area (Å²) in [6.07, 6.45) is 5.15. The first-order valence-electron chi connectivity index (χ1n) is 12.7. The van der Waals surface area contributed by atoms with Gasteiger partial charge in [0.1, 0.15) is 11.5 Å². The van der Waals surface area contributed by atoms with Gasteiger partial charge in [0.15, 0.2) is 11.5 Å². The number of ketones is 1. The summed E-state index contributed by atoms with van der Waals surface area (Å²) in [6.45, 7) is 5.10. The molecule has 0 aliphatic carbocycles. The number of methoxy groups -OCH3 is 1. The van der Waals surface area contributed by atoms with Crippen molar-refractivity contribution < 1.29 is 28.9 Å². The van der Waals surface area contributed by atoms with Crippen LogP contribution >= 0.6 is 0 Å². The monoisotopic (exact) mass is 516 g/mol. The van der Waals surface area contributed by atoms with E-state index in [9.17, 15) is 14.7 Å². The lowest BCUT2D eigenvalue weighted by atomic mass is 9.94. The summed E-state index contributed by atoms with van der Waals surface area (Å²) in [5.74, 6) is -0.137. The van der Waals surface area contributed by atoms with Gasteiger partial charge in [-0.3, -0.25) is 14.6 Å². The van der Waals surface area contributed by atoms with Crippen LogP contribution in [0.4, 0.5) is 0 Å². The van der Waals surface area contributed by atoms with Crippen LogP contribution in [0.15, 0.2) is 72.6 Å². The molecule has 2 aromatic carbocycles. The van der Waals surface area contributed by atoms with Gasteiger partial charge in [0.05, 0.1) is 31.9 Å². The Balaban J connectivity index is 1.82. The molecule has 0 spiro atoms. The molecule has 1 saturated heterocycles. The van der Waals surface area contributed by atoms with E-state index in [0.717, 1.165) is 18.4 Å². The normalized spacial score (nSPS) is 16.5. The number of nitrogens with zero attached hydrogens (tertiary/aromatic N) is 2. The average molecular weight is 517 g/mol. The number of likely N-dealkylation sites (tertiary alicyclic amines) is 1. The summed E-state index contributed by atoms with van der Waals surface area (Å²) in [6, 6.07) is 14.9. The minimum Gasteiger partial charge on any atom is -0.507 e. The predicted molar refractivity (Wildman–Crippen MR) is 143 cm³/mol. The number of carbonyl (C=O) groups excluding carboxylic acids is 2. The Labute approximate surface area is 222 Å². The zero-order valence-electron chi connectivity index (χ0n) is 21.8. The summed E-state index contributed by atoms with van der Waals surface area (Å²) in [4.78, 5) is 32.3. The molecule has 0 bridgehead atoms. The number of aliphatic hydroxyl groups excluding tert-OH is 1. The van der Waals surface area contributed by atoms with E-state index in [4.69, 9.17) is 14.2 Å². The van der Waals surface area contributed by atoms with Gasteiger partial charge >= 0.3 is 0 Å². The van der Waals surface area contributed by atoms with Crippen LogP contribution in [0.2, 0.25) is 0 Å². The van der Waals surface area contributed by atoms with Crippen molar-refractivity contribution in [2.24, 2.45) is 0 Å². The molecule has 0 saturated carbocycles. The van der Waals surface area contributed by atoms with Gasteiger partial charge in [-0.25, -0.2) is 0 Å². The molecule has 38 heavy (non-hydrogen) atoms. The van der Waals surface area contributed by atoms with Gasteiger partial charge in [-0.2, -0.15) is 0 Å². The van der Waals surface area contributed by atoms with E-state index < -0.39 is 17.7 Å². The third kappa shape index (κ3) is 5.64. The van der Waals surface area contributed by atoms with E-state index in [1.807, 2.05) is 6.92 Å². The van der Waals surface area contributed by atoms with Gasteiger partial charge in [-0.1, -0.05) is 31.5 Å². The molecular weight excluding hydrogens is 484 g/mol. The second-order valence-corrected chi connectivity index (χ2v) is 8.86. The van der Waals surface area contributed by atoms with E-state index in [2.05, 4.69) is 11.9 Å². The van der Waals surface area contributed by atoms with Crippen LogP contribution in [0.25, 0.3) is 5.76 Å². The molecule has 3 aromatic rings. The summed E-state index contributed by atoms with van der Waals surface area (Å²) in [5, 5.41) is 11.4. The Morgan fingerprint density at radius 2 is 1.79 bits per heavy atom. The fourth-order valence-electron chi connectivity index (χ4n) is 4.43. The molecule has 0 radical (unpaired) electrons. The lowest BCUT2D eigenvalue weighted by Gasteiger charge is -2.26. The number of benzene rings is 2. The second kappa shape index (κ2) is 12.3. The highest BCUT2D eigenvalue weighted by Gasteiger charge is 2.46. The summed E-state index contributed by atoms with van der Waals surface area (Å²) in [5.41, 5.74) is 1.80. The van der Waals surface area contributed by atoms with Crippen molar-refractivity contribution in [1.29, 1.82) is 0 Å². The summed E-state index contributed by atoms with van der Waals surface area (Å²) in [7, 11) is 1.53. The third-order valence-corrected chi connectivity index (χ3v) is 6.32. The minimum absolute atomic E-state index is 0.000905. The lowest BCUT2D eigenvalue weighted by Crippen LogP contribution is -2.29. The maximum absolute atomic E-state index is 13.4. The fourth-order valence-corrected chi connectivity index (χ4v) is 4.43. The zero-order chi connectivity index (χ0) is 27.1. The first-order valence-corrected chi connectivity index (χ1v) is 12.7. The Kier molecular flexibility index (Phi) is 8.63. The predicted octanol–water partition coefficient (Wildman–Crippen LogP) is 5.29. The molecule has 1 N–H and O–H groups in total. The molecule has 4 rings (SSSR count). The van der Waals surface area contributed by atoms with Gasteiger partial charge in [-0.15, -0.1) is 0 Å². The molecular formula is C30H32N2O6. The van der Waals surface area contributed by atoms with E-state index >= 15 is 0 Å². The third-order valence-electron chi connectivity index (χ3n) is 6.32. The first kappa shape index (κ1) is 26.7. The van der Waals surface area contributed by atoms with E-state index in [0.29, 0.717) is 41.6 Å². The molecule has 1 aliphatic rings. The van der Waals surface area contributed by atoms with Crippen LogP contribution in [0.1, 0.15) is 49.4 Å². The minimum atomic E-state index is -0.850. The van der Waals surface area contributed by atoms with E-state index in [1.165, 1.54) is 12.0 Å². The number of hydrogen-bond acceptors (Lipinski definition) is 7. The summed E-state index contributed by atoms with van der Waals surface area (Å²) < 4.78 is 17.0. The Bertz CT molecular complexity index is 1320. The van der Waals surface area contributed by atoms with E-state index in [1.54, 1.807) is 67.0 Å². The quantitative estimate of drug-likeness (QED) is 0.160. The highest BCUT2D eigenvalue weighted by molar-refractivity contribution is 6.46.